The molecule has 0 bridgehead atoms. The van der Waals surface area contributed by atoms with Gasteiger partial charge in [-0.05, 0) is 36.1 Å². The van der Waals surface area contributed by atoms with E-state index in [0.29, 0.717) is 5.56 Å². The van der Waals surface area contributed by atoms with E-state index in [1.54, 1.807) is 12.1 Å². The van der Waals surface area contributed by atoms with Crippen LogP contribution in [0.25, 0.3) is 11.1 Å². The summed E-state index contributed by atoms with van der Waals surface area (Å²) >= 11 is 0. The van der Waals surface area contributed by atoms with Crippen molar-refractivity contribution in [3.8, 4) is 11.1 Å². The van der Waals surface area contributed by atoms with Crippen LogP contribution in [0.2, 0.25) is 0 Å². The molecule has 4 heteroatoms. The molecule has 0 amide bonds. The molecule has 0 aliphatic rings. The van der Waals surface area contributed by atoms with E-state index in [9.17, 15) is 13.6 Å². The summed E-state index contributed by atoms with van der Waals surface area (Å²) in [6.07, 6.45) is 4.27. The third kappa shape index (κ3) is 3.50. The lowest BCUT2D eigenvalue weighted by molar-refractivity contribution is 0.0697. The van der Waals surface area contributed by atoms with E-state index in [2.05, 4.69) is 6.92 Å². The summed E-state index contributed by atoms with van der Waals surface area (Å²) in [7, 11) is 0. The van der Waals surface area contributed by atoms with Gasteiger partial charge in [0, 0.05) is 5.56 Å². The number of hydrogen-bond acceptors (Lipinski definition) is 1. The van der Waals surface area contributed by atoms with Gasteiger partial charge in [0.05, 0.1) is 5.56 Å². The summed E-state index contributed by atoms with van der Waals surface area (Å²) in [4.78, 5) is 11.2. The Morgan fingerprint density at radius 3 is 2.32 bits per heavy atom. The molecule has 0 fully saturated rings. The fourth-order valence-corrected chi connectivity index (χ4v) is 2.43. The third-order valence-corrected chi connectivity index (χ3v) is 3.64. The Labute approximate surface area is 128 Å². The minimum absolute atomic E-state index is 0.201. The molecule has 0 saturated carbocycles. The van der Waals surface area contributed by atoms with Crippen molar-refractivity contribution >= 4 is 5.97 Å². The van der Waals surface area contributed by atoms with Crippen molar-refractivity contribution in [1.29, 1.82) is 0 Å². The van der Waals surface area contributed by atoms with Crippen LogP contribution in [0.5, 0.6) is 0 Å². The van der Waals surface area contributed by atoms with Gasteiger partial charge in [-0.25, -0.2) is 13.6 Å². The Balaban J connectivity index is 2.35. The molecular weight excluding hydrogens is 286 g/mol. The van der Waals surface area contributed by atoms with Crippen molar-refractivity contribution < 1.29 is 18.7 Å². The largest absolute Gasteiger partial charge is 0.478 e. The molecule has 0 aromatic heterocycles. The van der Waals surface area contributed by atoms with Crippen molar-refractivity contribution in [2.45, 2.75) is 32.6 Å². The van der Waals surface area contributed by atoms with Gasteiger partial charge in [-0.3, -0.25) is 0 Å². The Morgan fingerprint density at radius 1 is 1.05 bits per heavy atom. The maximum Gasteiger partial charge on any atom is 0.336 e. The first kappa shape index (κ1) is 16.1. The van der Waals surface area contributed by atoms with Gasteiger partial charge in [0.2, 0.25) is 0 Å². The van der Waals surface area contributed by atoms with Gasteiger partial charge in [0.15, 0.2) is 11.6 Å². The molecule has 0 unspecified atom stereocenters. The van der Waals surface area contributed by atoms with Crippen LogP contribution in [0.15, 0.2) is 36.4 Å². The highest BCUT2D eigenvalue weighted by molar-refractivity contribution is 5.96. The number of unbranched alkanes of at least 4 members (excludes halogenated alkanes) is 2. The van der Waals surface area contributed by atoms with Crippen LogP contribution in [0.4, 0.5) is 8.78 Å². The predicted molar refractivity (Wildman–Crippen MR) is 82.0 cm³/mol. The van der Waals surface area contributed by atoms with E-state index < -0.39 is 17.6 Å². The SMILES string of the molecule is CCCCCc1ccc(-c2c(C(=O)O)ccc(F)c2F)cc1. The summed E-state index contributed by atoms with van der Waals surface area (Å²) < 4.78 is 27.4. The Kier molecular flexibility index (Phi) is 5.26. The molecule has 0 aliphatic heterocycles. The highest BCUT2D eigenvalue weighted by Crippen LogP contribution is 2.29. The minimum atomic E-state index is -1.28. The van der Waals surface area contributed by atoms with Crippen LogP contribution in [-0.4, -0.2) is 11.1 Å². The lowest BCUT2D eigenvalue weighted by Crippen LogP contribution is -2.03. The van der Waals surface area contributed by atoms with Crippen LogP contribution in [0, 0.1) is 11.6 Å². The van der Waals surface area contributed by atoms with Gasteiger partial charge in [-0.15, -0.1) is 0 Å². The lowest BCUT2D eigenvalue weighted by atomic mass is 9.96. The van der Waals surface area contributed by atoms with Crippen LogP contribution >= 0.6 is 0 Å². The maximum absolute atomic E-state index is 14.0. The number of rotatable bonds is 6. The van der Waals surface area contributed by atoms with Crippen LogP contribution in [-0.2, 0) is 6.42 Å². The molecule has 0 atom stereocenters. The highest BCUT2D eigenvalue weighted by atomic mass is 19.2. The zero-order valence-electron chi connectivity index (χ0n) is 12.4. The number of carboxylic acid groups (broad SMARTS) is 1. The second-order valence-electron chi connectivity index (χ2n) is 5.24. The standard InChI is InChI=1S/C18H18F2O2/c1-2-3-4-5-12-6-8-13(9-7-12)16-14(18(21)22)10-11-15(19)17(16)20/h6-11H,2-5H2,1H3,(H,21,22). The molecule has 0 heterocycles. The van der Waals surface area contributed by atoms with Gasteiger partial charge in [0.25, 0.3) is 0 Å². The predicted octanol–water partition coefficient (Wildman–Crippen LogP) is 5.06. The average molecular weight is 304 g/mol. The fraction of sp³-hybridized carbons (Fsp3) is 0.278. The van der Waals surface area contributed by atoms with Gasteiger partial charge in [-0.1, -0.05) is 44.0 Å². The van der Waals surface area contributed by atoms with Gasteiger partial charge < -0.3 is 5.11 Å². The Hall–Kier alpha value is -2.23. The summed E-state index contributed by atoms with van der Waals surface area (Å²) in [6.45, 7) is 2.13. The minimum Gasteiger partial charge on any atom is -0.478 e. The summed E-state index contributed by atoms with van der Waals surface area (Å²) in [5.74, 6) is -3.45. The number of benzene rings is 2. The van der Waals surface area contributed by atoms with E-state index in [1.807, 2.05) is 12.1 Å². The summed E-state index contributed by atoms with van der Waals surface area (Å²) in [5.41, 5.74) is 1.03. The van der Waals surface area contributed by atoms with E-state index in [4.69, 9.17) is 5.11 Å². The molecule has 0 radical (unpaired) electrons. The van der Waals surface area contributed by atoms with Crippen molar-refractivity contribution in [2.24, 2.45) is 0 Å². The molecule has 22 heavy (non-hydrogen) atoms. The molecule has 116 valence electrons. The quantitative estimate of drug-likeness (QED) is 0.757. The monoisotopic (exact) mass is 304 g/mol. The number of aryl methyl sites for hydroxylation is 1. The zero-order valence-corrected chi connectivity index (χ0v) is 12.4. The second kappa shape index (κ2) is 7.16. The number of carbonyl (C=O) groups is 1. The smallest absolute Gasteiger partial charge is 0.336 e. The van der Waals surface area contributed by atoms with Gasteiger partial charge in [0.1, 0.15) is 0 Å². The van der Waals surface area contributed by atoms with E-state index >= 15 is 0 Å². The number of halogens is 2. The Morgan fingerprint density at radius 2 is 1.73 bits per heavy atom. The van der Waals surface area contributed by atoms with Crippen LogP contribution in [0.3, 0.4) is 0 Å². The van der Waals surface area contributed by atoms with Crippen molar-refractivity contribution in [2.75, 3.05) is 0 Å². The van der Waals surface area contributed by atoms with Crippen molar-refractivity contribution in [3.05, 3.63) is 59.2 Å². The molecule has 0 saturated heterocycles. The molecule has 2 aromatic rings. The topological polar surface area (TPSA) is 37.3 Å². The molecule has 2 rings (SSSR count). The van der Waals surface area contributed by atoms with Crippen LogP contribution in [0.1, 0.15) is 42.1 Å². The highest BCUT2D eigenvalue weighted by Gasteiger charge is 2.19. The van der Waals surface area contributed by atoms with Gasteiger partial charge in [-0.2, -0.15) is 0 Å². The van der Waals surface area contributed by atoms with E-state index in [1.165, 1.54) is 0 Å². The maximum atomic E-state index is 14.0. The normalized spacial score (nSPS) is 10.7. The first-order valence-electron chi connectivity index (χ1n) is 7.35. The molecule has 0 aliphatic carbocycles. The average Bonchev–Trinajstić information content (AvgIpc) is 2.51. The lowest BCUT2D eigenvalue weighted by Gasteiger charge is -2.09. The fourth-order valence-electron chi connectivity index (χ4n) is 2.43. The second-order valence-corrected chi connectivity index (χ2v) is 5.24. The number of carboxylic acids is 1. The van der Waals surface area contributed by atoms with E-state index in [0.717, 1.165) is 43.4 Å². The molecule has 0 spiro atoms. The number of aromatic carboxylic acids is 1. The van der Waals surface area contributed by atoms with Gasteiger partial charge >= 0.3 is 5.97 Å². The first-order valence-corrected chi connectivity index (χ1v) is 7.35. The molecular formula is C18H18F2O2. The zero-order chi connectivity index (χ0) is 16.1. The first-order chi connectivity index (χ1) is 10.5. The summed E-state index contributed by atoms with van der Waals surface area (Å²) in [6, 6.07) is 8.88. The number of hydrogen-bond donors (Lipinski definition) is 1. The van der Waals surface area contributed by atoms with Crippen LogP contribution < -0.4 is 0 Å². The Bertz CT molecular complexity index is 664. The van der Waals surface area contributed by atoms with Crippen molar-refractivity contribution in [3.63, 3.8) is 0 Å². The molecule has 1 N–H and O–H groups in total. The summed E-state index contributed by atoms with van der Waals surface area (Å²) in [5, 5.41) is 9.15. The van der Waals surface area contributed by atoms with Crippen molar-refractivity contribution in [1.82, 2.24) is 0 Å². The molecule has 2 aromatic carbocycles. The van der Waals surface area contributed by atoms with E-state index in [-0.39, 0.29) is 11.1 Å². The molecule has 2 nitrogen and oxygen atoms in total. The third-order valence-electron chi connectivity index (χ3n) is 3.64.